The molecule has 0 unspecified atom stereocenters. The number of anilines is 2. The molecule has 214 valence electrons. The van der Waals surface area contributed by atoms with Crippen molar-refractivity contribution in [3.8, 4) is 0 Å². The lowest BCUT2D eigenvalue weighted by atomic mass is 9.81. The smallest absolute Gasteiger partial charge is 0.412 e. The zero-order valence-electron chi connectivity index (χ0n) is 23.0. The monoisotopic (exact) mass is 627 g/mol. The van der Waals surface area contributed by atoms with Crippen molar-refractivity contribution in [1.29, 1.82) is 0 Å². The second-order valence-electron chi connectivity index (χ2n) is 10.5. The van der Waals surface area contributed by atoms with Gasteiger partial charge in [-0.1, -0.05) is 6.92 Å². The number of aliphatic hydroxyl groups is 1. The van der Waals surface area contributed by atoms with E-state index in [0.717, 1.165) is 6.07 Å². The molecule has 0 aliphatic carbocycles. The predicted octanol–water partition coefficient (Wildman–Crippen LogP) is 4.17. The summed E-state index contributed by atoms with van der Waals surface area (Å²) in [5.74, 6) is 4.34. The van der Waals surface area contributed by atoms with E-state index in [1.807, 2.05) is 11.9 Å². The van der Waals surface area contributed by atoms with Gasteiger partial charge in [0, 0.05) is 30.0 Å². The van der Waals surface area contributed by atoms with Crippen molar-refractivity contribution >= 4 is 56.8 Å². The molecular formula is C29H27BrFN3O7. The van der Waals surface area contributed by atoms with Crippen molar-refractivity contribution in [2.24, 2.45) is 0 Å². The third kappa shape index (κ3) is 5.32. The van der Waals surface area contributed by atoms with E-state index in [4.69, 9.17) is 9.47 Å². The molecule has 0 bridgehead atoms. The van der Waals surface area contributed by atoms with Crippen LogP contribution in [0.1, 0.15) is 39.7 Å². The van der Waals surface area contributed by atoms with E-state index in [2.05, 4.69) is 21.2 Å². The maximum atomic E-state index is 15.0. The molecule has 1 aromatic carbocycles. The third-order valence-corrected chi connectivity index (χ3v) is 7.71. The van der Waals surface area contributed by atoms with Crippen molar-refractivity contribution in [2.45, 2.75) is 45.3 Å². The van der Waals surface area contributed by atoms with E-state index >= 15 is 4.39 Å². The van der Waals surface area contributed by atoms with Crippen LogP contribution in [0.2, 0.25) is 0 Å². The van der Waals surface area contributed by atoms with Gasteiger partial charge in [-0.05, 0) is 61.3 Å². The van der Waals surface area contributed by atoms with Crippen molar-refractivity contribution in [2.75, 3.05) is 30.4 Å². The first-order valence-electron chi connectivity index (χ1n) is 12.6. The molecule has 2 N–H and O–H groups in total. The van der Waals surface area contributed by atoms with Crippen LogP contribution in [-0.2, 0) is 23.9 Å². The number of benzene rings is 1. The van der Waals surface area contributed by atoms with Gasteiger partial charge in [-0.15, -0.1) is 0 Å². The van der Waals surface area contributed by atoms with Crippen LogP contribution in [0.3, 0.4) is 0 Å². The summed E-state index contributed by atoms with van der Waals surface area (Å²) in [6, 6.07) is 2.49. The number of nitrogens with zero attached hydrogens (tertiary/aromatic N) is 2. The Kier molecular flexibility index (Phi) is 8.00. The first-order valence-corrected chi connectivity index (χ1v) is 13.3. The van der Waals surface area contributed by atoms with Crippen LogP contribution in [0.4, 0.5) is 20.6 Å². The number of amides is 1. The van der Waals surface area contributed by atoms with E-state index < -0.39 is 23.1 Å². The molecule has 1 amide bonds. The van der Waals surface area contributed by atoms with Crippen LogP contribution in [0.5, 0.6) is 0 Å². The molecule has 3 heterocycles. The molecule has 10 nitrogen and oxygen atoms in total. The number of fused-ring (bicyclic) bond motifs is 1. The predicted molar refractivity (Wildman–Crippen MR) is 152 cm³/mol. The highest BCUT2D eigenvalue weighted by Gasteiger charge is 2.44. The van der Waals surface area contributed by atoms with Gasteiger partial charge in [0.15, 0.2) is 17.5 Å². The molecule has 0 aromatic heterocycles. The summed E-state index contributed by atoms with van der Waals surface area (Å²) < 4.78 is 26.0. The summed E-state index contributed by atoms with van der Waals surface area (Å²) in [6.07, 6.45) is 2.39. The average molecular weight is 628 g/mol. The van der Waals surface area contributed by atoms with E-state index in [9.17, 15) is 24.3 Å². The van der Waals surface area contributed by atoms with Crippen molar-refractivity contribution < 1.29 is 38.1 Å². The molecule has 0 saturated carbocycles. The first-order chi connectivity index (χ1) is 19.3. The summed E-state index contributed by atoms with van der Waals surface area (Å²) in [6.45, 7) is 6.55. The number of nitrogens with one attached hydrogen (secondary N) is 1. The second-order valence-corrected chi connectivity index (χ2v) is 11.3. The quantitative estimate of drug-likeness (QED) is 0.473. The lowest BCUT2D eigenvalue weighted by molar-refractivity contribution is 0.0313. The van der Waals surface area contributed by atoms with Gasteiger partial charge in [0.1, 0.15) is 29.7 Å². The minimum Gasteiger partial charge on any atom is -0.479 e. The third-order valence-electron chi connectivity index (χ3n) is 6.85. The van der Waals surface area contributed by atoms with Gasteiger partial charge in [-0.2, -0.15) is 0 Å². The van der Waals surface area contributed by atoms with Gasteiger partial charge in [-0.3, -0.25) is 5.32 Å². The number of allylic oxidation sites excluding steroid dienone is 2. The van der Waals surface area contributed by atoms with Crippen LogP contribution in [-0.4, -0.2) is 65.3 Å². The van der Waals surface area contributed by atoms with Crippen LogP contribution in [0.15, 0.2) is 57.2 Å². The molecule has 0 spiro atoms. The first kappa shape index (κ1) is 29.8. The molecular weight excluding hydrogens is 601 g/mol. The van der Waals surface area contributed by atoms with Crippen LogP contribution in [0, 0.1) is 5.82 Å². The molecule has 12 heteroatoms. The number of carbonyl (C=O) groups is 1. The van der Waals surface area contributed by atoms with Crippen molar-refractivity contribution in [3.05, 3.63) is 68.6 Å². The Morgan fingerprint density at radius 3 is 2.54 bits per heavy atom. The van der Waals surface area contributed by atoms with Gasteiger partial charge >= 0.3 is 6.09 Å². The molecule has 1 aromatic rings. The maximum Gasteiger partial charge on any atom is 0.412 e. The highest BCUT2D eigenvalue weighted by atomic mass is 79.9. The molecule has 41 heavy (non-hydrogen) atoms. The van der Waals surface area contributed by atoms with Gasteiger partial charge in [0.05, 0.1) is 33.7 Å². The lowest BCUT2D eigenvalue weighted by Gasteiger charge is -2.40. The van der Waals surface area contributed by atoms with E-state index in [0.29, 0.717) is 27.0 Å². The summed E-state index contributed by atoms with van der Waals surface area (Å²) >= 11 is 3.44. The minimum atomic E-state index is -1.75. The number of likely N-dealkylation sites (N-methyl/N-ethyl adjacent to an activating group) is 1. The summed E-state index contributed by atoms with van der Waals surface area (Å²) in [7, 11) is 1.68. The van der Waals surface area contributed by atoms with E-state index in [-0.39, 0.29) is 47.9 Å². The zero-order chi connectivity index (χ0) is 30.3. The van der Waals surface area contributed by atoms with Gasteiger partial charge < -0.3 is 24.4 Å². The van der Waals surface area contributed by atoms with Crippen LogP contribution >= 0.6 is 15.9 Å². The van der Waals surface area contributed by atoms with Gasteiger partial charge in [-0.25, -0.2) is 23.6 Å². The fraction of sp³-hybridized carbons (Fsp3) is 0.345. The molecule has 3 aliphatic rings. The standard InChI is InChI=1S/C29H27BrFN3O7/c1-6-29(39)19-7-8-34(24(13-36)18(19)15-40-25(29)14-37)11-23-26(30)17(12-35)16-9-20(31)21(10-22(16)33(23)5)32-27(38)41-28(2,3)4/h7-10,39H,6,11,15H2,1-5H3,(H,32,38)/t29-/m0/s1. The fourth-order valence-corrected chi connectivity index (χ4v) is 5.50. The van der Waals surface area contributed by atoms with Crippen molar-refractivity contribution in [1.82, 2.24) is 4.90 Å². The molecule has 0 radical (unpaired) electrons. The Hall–Kier alpha value is -4.17. The van der Waals surface area contributed by atoms with E-state index in [1.165, 1.54) is 6.07 Å². The molecule has 0 saturated heterocycles. The van der Waals surface area contributed by atoms with Crippen LogP contribution < -0.4 is 10.2 Å². The lowest BCUT2D eigenvalue weighted by Crippen LogP contribution is -2.42. The highest BCUT2D eigenvalue weighted by molar-refractivity contribution is 9.12. The Morgan fingerprint density at radius 2 is 1.95 bits per heavy atom. The number of rotatable bonds is 4. The summed E-state index contributed by atoms with van der Waals surface area (Å²) in [5.41, 5.74) is -0.836. The molecule has 1 atom stereocenters. The van der Waals surface area contributed by atoms with E-state index in [1.54, 1.807) is 62.8 Å². The number of hydrogen-bond acceptors (Lipinski definition) is 9. The largest absolute Gasteiger partial charge is 0.479 e. The topological polar surface area (TPSA) is 125 Å². The molecule has 4 rings (SSSR count). The fourth-order valence-electron chi connectivity index (χ4n) is 4.82. The van der Waals surface area contributed by atoms with Gasteiger partial charge in [0.25, 0.3) is 0 Å². The average Bonchev–Trinajstić information content (AvgIpc) is 2.91. The number of carbonyl (C=O) groups excluding carboxylic acids is 4. The zero-order valence-corrected chi connectivity index (χ0v) is 24.6. The molecule has 0 fully saturated rings. The Bertz CT molecular complexity index is 1590. The Balaban J connectivity index is 1.71. The summed E-state index contributed by atoms with van der Waals surface area (Å²) in [4.78, 5) is 51.2. The maximum absolute atomic E-state index is 15.0. The Labute approximate surface area is 243 Å². The van der Waals surface area contributed by atoms with Gasteiger partial charge in [0.2, 0.25) is 5.76 Å². The SMILES string of the molecule is CC[C@@]1(O)C(=C=O)OCC2=C1C=CN(CC1=C(Br)C(=C=O)c3cc(F)c(NC(=O)OC(C)(C)C)cc3N1C)C2=C=O. The summed E-state index contributed by atoms with van der Waals surface area (Å²) in [5, 5.41) is 13.6. The van der Waals surface area contributed by atoms with Crippen molar-refractivity contribution in [3.63, 3.8) is 0 Å². The minimum absolute atomic E-state index is 0.0205. The van der Waals surface area contributed by atoms with Crippen LogP contribution in [0.25, 0.3) is 5.57 Å². The Morgan fingerprint density at radius 1 is 1.24 bits per heavy atom. The molecule has 3 aliphatic heterocycles. The second kappa shape index (κ2) is 11.0. The normalized spacial score (nSPS) is 20.1. The number of halogens is 2. The number of hydrogen-bond donors (Lipinski definition) is 2. The highest BCUT2D eigenvalue weighted by Crippen LogP contribution is 2.45. The number of ether oxygens (including phenoxy) is 2.